The highest BCUT2D eigenvalue weighted by Gasteiger charge is 2.30. The van der Waals surface area contributed by atoms with Crippen molar-refractivity contribution in [2.75, 3.05) is 24.3 Å². The van der Waals surface area contributed by atoms with Crippen molar-refractivity contribution >= 4 is 30.2 Å². The van der Waals surface area contributed by atoms with Crippen molar-refractivity contribution in [2.45, 2.75) is 6.42 Å². The van der Waals surface area contributed by atoms with Crippen LogP contribution in [0.15, 0.2) is 18.2 Å². The summed E-state index contributed by atoms with van der Waals surface area (Å²) >= 11 is 4.17. The first kappa shape index (κ1) is 13.9. The quantitative estimate of drug-likeness (QED) is 0.681. The normalized spacial score (nSPS) is 18.8. The number of benzene rings is 1. The Bertz CT molecular complexity index is 521. The molecule has 1 fully saturated rings. The number of esters is 1. The number of amides is 1. The number of ether oxygens (including phenoxy) is 1. The average molecular weight is 283 g/mol. The third-order valence-electron chi connectivity index (χ3n) is 3.13. The maximum absolute atomic E-state index is 13.8. The van der Waals surface area contributed by atoms with Crippen LogP contribution in [0, 0.1) is 11.7 Å². The number of anilines is 1. The van der Waals surface area contributed by atoms with Gasteiger partial charge >= 0.3 is 5.97 Å². The first-order valence-corrected chi connectivity index (χ1v) is 6.49. The van der Waals surface area contributed by atoms with E-state index in [0.29, 0.717) is 24.4 Å². The number of thiol groups is 1. The fraction of sp³-hybridized carbons (Fsp3) is 0.385. The Hall–Kier alpha value is -1.56. The minimum atomic E-state index is -0.731. The molecule has 0 N–H and O–H groups in total. The molecule has 19 heavy (non-hydrogen) atoms. The summed E-state index contributed by atoms with van der Waals surface area (Å²) in [5, 5.41) is 0. The Labute approximate surface area is 115 Å². The molecule has 0 spiro atoms. The molecule has 1 aliphatic rings. The standard InChI is InChI=1S/C13H14FNO3S/c1-18-13(17)10-3-2-9(5-11(10)14)15-6-8(7-19)4-12(15)16/h2-3,5,8,19H,4,6-7H2,1H3. The number of carbonyl (C=O) groups is 2. The molecule has 2 rings (SSSR count). The molecule has 102 valence electrons. The van der Waals surface area contributed by atoms with Gasteiger partial charge in [-0.05, 0) is 29.9 Å². The van der Waals surface area contributed by atoms with Crippen LogP contribution in [0.3, 0.4) is 0 Å². The van der Waals surface area contributed by atoms with Crippen molar-refractivity contribution in [2.24, 2.45) is 5.92 Å². The molecule has 0 bridgehead atoms. The van der Waals surface area contributed by atoms with Crippen LogP contribution in [0.1, 0.15) is 16.8 Å². The predicted octanol–water partition coefficient (Wildman–Crippen LogP) is 1.89. The largest absolute Gasteiger partial charge is 0.465 e. The van der Waals surface area contributed by atoms with Gasteiger partial charge in [-0.1, -0.05) is 0 Å². The zero-order chi connectivity index (χ0) is 14.0. The maximum atomic E-state index is 13.8. The van der Waals surface area contributed by atoms with Crippen LogP contribution in [0.4, 0.5) is 10.1 Å². The van der Waals surface area contributed by atoms with Crippen LogP contribution >= 0.6 is 12.6 Å². The molecule has 6 heteroatoms. The lowest BCUT2D eigenvalue weighted by Crippen LogP contribution is -2.25. The Morgan fingerprint density at radius 3 is 2.84 bits per heavy atom. The lowest BCUT2D eigenvalue weighted by Gasteiger charge is -2.17. The number of rotatable bonds is 3. The number of hydrogen-bond acceptors (Lipinski definition) is 4. The molecule has 4 nitrogen and oxygen atoms in total. The van der Waals surface area contributed by atoms with Crippen molar-refractivity contribution in [3.05, 3.63) is 29.6 Å². The van der Waals surface area contributed by atoms with E-state index >= 15 is 0 Å². The van der Waals surface area contributed by atoms with Gasteiger partial charge in [0.1, 0.15) is 5.82 Å². The molecule has 1 aromatic carbocycles. The summed E-state index contributed by atoms with van der Waals surface area (Å²) in [6.45, 7) is 0.527. The van der Waals surface area contributed by atoms with E-state index in [1.165, 1.54) is 24.1 Å². The van der Waals surface area contributed by atoms with Gasteiger partial charge in [0.15, 0.2) is 0 Å². The zero-order valence-electron chi connectivity index (χ0n) is 10.4. The molecule has 1 amide bonds. The number of nitrogens with zero attached hydrogens (tertiary/aromatic N) is 1. The second-order valence-electron chi connectivity index (χ2n) is 4.41. The monoisotopic (exact) mass is 283 g/mol. The van der Waals surface area contributed by atoms with Crippen LogP contribution in [0.25, 0.3) is 0 Å². The lowest BCUT2D eigenvalue weighted by molar-refractivity contribution is -0.117. The van der Waals surface area contributed by atoms with E-state index in [0.717, 1.165) is 0 Å². The van der Waals surface area contributed by atoms with Gasteiger partial charge in [-0.15, -0.1) is 0 Å². The Balaban J connectivity index is 2.25. The van der Waals surface area contributed by atoms with Crippen molar-refractivity contribution in [3.8, 4) is 0 Å². The van der Waals surface area contributed by atoms with E-state index in [1.807, 2.05) is 0 Å². The summed E-state index contributed by atoms with van der Waals surface area (Å²) in [6.07, 6.45) is 0.421. The summed E-state index contributed by atoms with van der Waals surface area (Å²) in [7, 11) is 1.19. The van der Waals surface area contributed by atoms with E-state index in [-0.39, 0.29) is 17.4 Å². The molecular formula is C13H14FNO3S. The highest BCUT2D eigenvalue weighted by molar-refractivity contribution is 7.80. The minimum Gasteiger partial charge on any atom is -0.465 e. The van der Waals surface area contributed by atoms with Gasteiger partial charge in [0, 0.05) is 18.7 Å². The third-order valence-corrected chi connectivity index (χ3v) is 3.65. The van der Waals surface area contributed by atoms with Crippen LogP contribution in [0.2, 0.25) is 0 Å². The van der Waals surface area contributed by atoms with Crippen LogP contribution < -0.4 is 4.90 Å². The molecule has 0 saturated carbocycles. The SMILES string of the molecule is COC(=O)c1ccc(N2CC(CS)CC2=O)cc1F. The summed E-state index contributed by atoms with van der Waals surface area (Å²) in [4.78, 5) is 24.6. The summed E-state index contributed by atoms with van der Waals surface area (Å²) in [6, 6.07) is 4.07. The number of halogens is 1. The predicted molar refractivity (Wildman–Crippen MR) is 72.1 cm³/mol. The fourth-order valence-corrected chi connectivity index (χ4v) is 2.35. The second-order valence-corrected chi connectivity index (χ2v) is 4.78. The van der Waals surface area contributed by atoms with E-state index < -0.39 is 11.8 Å². The molecule has 0 radical (unpaired) electrons. The molecule has 1 saturated heterocycles. The zero-order valence-corrected chi connectivity index (χ0v) is 11.3. The Morgan fingerprint density at radius 2 is 2.32 bits per heavy atom. The average Bonchev–Trinajstić information content (AvgIpc) is 2.79. The summed E-state index contributed by atoms with van der Waals surface area (Å²) < 4.78 is 18.3. The first-order valence-electron chi connectivity index (χ1n) is 5.86. The smallest absolute Gasteiger partial charge is 0.340 e. The van der Waals surface area contributed by atoms with E-state index in [1.54, 1.807) is 6.07 Å². The fourth-order valence-electron chi connectivity index (χ4n) is 2.10. The van der Waals surface area contributed by atoms with Crippen LogP contribution in [-0.2, 0) is 9.53 Å². The number of hydrogen-bond donors (Lipinski definition) is 1. The third kappa shape index (κ3) is 2.73. The maximum Gasteiger partial charge on any atom is 0.340 e. The Kier molecular flexibility index (Phi) is 4.09. The van der Waals surface area contributed by atoms with E-state index in [4.69, 9.17) is 0 Å². The van der Waals surface area contributed by atoms with Gasteiger partial charge < -0.3 is 9.64 Å². The molecule has 1 unspecified atom stereocenters. The van der Waals surface area contributed by atoms with Gasteiger partial charge in [-0.2, -0.15) is 12.6 Å². The van der Waals surface area contributed by atoms with Gasteiger partial charge in [0.25, 0.3) is 0 Å². The highest BCUT2D eigenvalue weighted by atomic mass is 32.1. The van der Waals surface area contributed by atoms with Crippen LogP contribution in [0.5, 0.6) is 0 Å². The number of carbonyl (C=O) groups excluding carboxylic acids is 2. The first-order chi connectivity index (χ1) is 9.06. The summed E-state index contributed by atoms with van der Waals surface area (Å²) in [5.41, 5.74) is 0.322. The highest BCUT2D eigenvalue weighted by Crippen LogP contribution is 2.27. The van der Waals surface area contributed by atoms with Gasteiger partial charge in [-0.25, -0.2) is 9.18 Å². The van der Waals surface area contributed by atoms with E-state index in [9.17, 15) is 14.0 Å². The van der Waals surface area contributed by atoms with Crippen molar-refractivity contribution in [3.63, 3.8) is 0 Å². The van der Waals surface area contributed by atoms with Gasteiger partial charge in [-0.3, -0.25) is 4.79 Å². The molecular weight excluding hydrogens is 269 g/mol. The van der Waals surface area contributed by atoms with Gasteiger partial charge in [0.05, 0.1) is 12.7 Å². The lowest BCUT2D eigenvalue weighted by atomic mass is 10.1. The van der Waals surface area contributed by atoms with Crippen molar-refractivity contribution in [1.82, 2.24) is 0 Å². The molecule has 1 aromatic rings. The summed E-state index contributed by atoms with van der Waals surface area (Å²) in [5.74, 6) is -0.676. The number of methoxy groups -OCH3 is 1. The Morgan fingerprint density at radius 1 is 1.58 bits per heavy atom. The molecule has 1 heterocycles. The molecule has 0 aromatic heterocycles. The van der Waals surface area contributed by atoms with Crippen molar-refractivity contribution < 1.29 is 18.7 Å². The van der Waals surface area contributed by atoms with E-state index in [2.05, 4.69) is 17.4 Å². The second kappa shape index (κ2) is 5.61. The molecule has 1 atom stereocenters. The van der Waals surface area contributed by atoms with Crippen molar-refractivity contribution in [1.29, 1.82) is 0 Å². The van der Waals surface area contributed by atoms with Gasteiger partial charge in [0.2, 0.25) is 5.91 Å². The molecule has 1 aliphatic heterocycles. The minimum absolute atomic E-state index is 0.0516. The van der Waals surface area contributed by atoms with Crippen LogP contribution in [-0.4, -0.2) is 31.3 Å². The topological polar surface area (TPSA) is 46.6 Å². The molecule has 0 aliphatic carbocycles.